The molecule has 0 saturated heterocycles. The standard InChI is InChI=1S/C16H19NO.C2H2O4/c1-2-7-15(16-10-6-13-18-16)17-12-11-14-8-4-3-5-9-14;3-1(4)2(5)6/h2-6,8-10,13,15,17H,1,7,11-12H2;(H,3,4)(H,5,6). The SMILES string of the molecule is C=CCC([NH2+]CCc1ccccc1)c1ccco1.O=C([O-])C(=O)O. The molecule has 0 aliphatic heterocycles. The predicted molar refractivity (Wildman–Crippen MR) is 85.8 cm³/mol. The molecule has 0 fully saturated rings. The summed E-state index contributed by atoms with van der Waals surface area (Å²) in [6, 6.07) is 14.9. The number of quaternary nitrogens is 1. The summed E-state index contributed by atoms with van der Waals surface area (Å²) in [5.74, 6) is -2.98. The van der Waals surface area contributed by atoms with Crippen molar-refractivity contribution in [2.45, 2.75) is 18.9 Å². The number of rotatable bonds is 7. The molecule has 0 amide bonds. The van der Waals surface area contributed by atoms with Gasteiger partial charge in [0.1, 0.15) is 6.04 Å². The Hall–Kier alpha value is -2.86. The van der Waals surface area contributed by atoms with Gasteiger partial charge in [-0.1, -0.05) is 36.4 Å². The predicted octanol–water partition coefficient (Wildman–Crippen LogP) is 0.524. The van der Waals surface area contributed by atoms with Crippen molar-refractivity contribution in [1.82, 2.24) is 0 Å². The molecule has 128 valence electrons. The molecule has 1 aromatic carbocycles. The van der Waals surface area contributed by atoms with Crippen LogP contribution in [0.5, 0.6) is 0 Å². The number of carboxylic acids is 2. The molecule has 2 rings (SSSR count). The molecular formula is C18H21NO5. The van der Waals surface area contributed by atoms with Crippen molar-refractivity contribution in [3.63, 3.8) is 0 Å². The molecule has 6 heteroatoms. The molecule has 0 saturated carbocycles. The minimum Gasteiger partial charge on any atom is -0.539 e. The second-order valence-electron chi connectivity index (χ2n) is 5.00. The van der Waals surface area contributed by atoms with Crippen LogP contribution in [0.1, 0.15) is 23.8 Å². The average Bonchev–Trinajstić information content (AvgIpc) is 3.10. The summed E-state index contributed by atoms with van der Waals surface area (Å²) < 4.78 is 5.47. The zero-order valence-corrected chi connectivity index (χ0v) is 13.3. The zero-order chi connectivity index (χ0) is 17.8. The summed E-state index contributed by atoms with van der Waals surface area (Å²) in [4.78, 5) is 18.0. The molecule has 0 aliphatic carbocycles. The molecule has 0 radical (unpaired) electrons. The highest BCUT2D eigenvalue weighted by Gasteiger charge is 2.15. The fourth-order valence-electron chi connectivity index (χ4n) is 2.11. The van der Waals surface area contributed by atoms with Crippen molar-refractivity contribution < 1.29 is 29.5 Å². The smallest absolute Gasteiger partial charge is 0.351 e. The first-order chi connectivity index (χ1) is 11.5. The van der Waals surface area contributed by atoms with Gasteiger partial charge in [-0.3, -0.25) is 0 Å². The molecule has 1 atom stereocenters. The summed E-state index contributed by atoms with van der Waals surface area (Å²) >= 11 is 0. The van der Waals surface area contributed by atoms with Crippen molar-refractivity contribution in [3.8, 4) is 0 Å². The largest absolute Gasteiger partial charge is 0.539 e. The number of aliphatic carboxylic acids is 2. The van der Waals surface area contributed by atoms with Crippen LogP contribution in [0.25, 0.3) is 0 Å². The minimum atomic E-state index is -2.07. The van der Waals surface area contributed by atoms with Gasteiger partial charge in [-0.2, -0.15) is 0 Å². The molecule has 1 unspecified atom stereocenters. The lowest BCUT2D eigenvalue weighted by molar-refractivity contribution is -0.696. The molecule has 3 N–H and O–H groups in total. The fraction of sp³-hybridized carbons (Fsp3) is 0.222. The normalized spacial score (nSPS) is 11.0. The first kappa shape index (κ1) is 19.2. The summed E-state index contributed by atoms with van der Waals surface area (Å²) in [6.07, 6.45) is 5.69. The van der Waals surface area contributed by atoms with Gasteiger partial charge in [-0.15, -0.1) is 6.58 Å². The van der Waals surface area contributed by atoms with E-state index in [2.05, 4.69) is 42.2 Å². The highest BCUT2D eigenvalue weighted by molar-refractivity contribution is 6.26. The number of carboxylic acid groups (broad SMARTS) is 2. The number of hydrogen-bond donors (Lipinski definition) is 2. The monoisotopic (exact) mass is 331 g/mol. The number of carbonyl (C=O) groups is 2. The van der Waals surface area contributed by atoms with Crippen molar-refractivity contribution in [1.29, 1.82) is 0 Å². The van der Waals surface area contributed by atoms with E-state index in [0.717, 1.165) is 25.1 Å². The Kier molecular flexibility index (Phi) is 8.63. The quantitative estimate of drug-likeness (QED) is 0.568. The lowest BCUT2D eigenvalue weighted by Gasteiger charge is -2.11. The van der Waals surface area contributed by atoms with Crippen LogP contribution in [0.4, 0.5) is 0 Å². The van der Waals surface area contributed by atoms with E-state index in [1.54, 1.807) is 6.26 Å². The van der Waals surface area contributed by atoms with Gasteiger partial charge in [0.2, 0.25) is 0 Å². The molecule has 0 aliphatic rings. The van der Waals surface area contributed by atoms with E-state index in [0.29, 0.717) is 6.04 Å². The molecular weight excluding hydrogens is 310 g/mol. The molecule has 1 heterocycles. The number of nitrogens with two attached hydrogens (primary N) is 1. The molecule has 0 bridgehead atoms. The summed E-state index contributed by atoms with van der Waals surface area (Å²) in [5, 5.41) is 18.6. The number of hydrogen-bond acceptors (Lipinski definition) is 4. The third-order valence-electron chi connectivity index (χ3n) is 3.23. The van der Waals surface area contributed by atoms with Crippen molar-refractivity contribution >= 4 is 11.9 Å². The maximum atomic E-state index is 9.04. The van der Waals surface area contributed by atoms with Gasteiger partial charge in [0.15, 0.2) is 11.7 Å². The lowest BCUT2D eigenvalue weighted by Crippen LogP contribution is -2.85. The van der Waals surface area contributed by atoms with Crippen LogP contribution in [0.2, 0.25) is 0 Å². The van der Waals surface area contributed by atoms with Crippen molar-refractivity contribution in [3.05, 3.63) is 72.7 Å². The van der Waals surface area contributed by atoms with E-state index in [4.69, 9.17) is 24.2 Å². The Morgan fingerprint density at radius 2 is 1.92 bits per heavy atom. The highest BCUT2D eigenvalue weighted by Crippen LogP contribution is 2.13. The zero-order valence-electron chi connectivity index (χ0n) is 13.3. The fourth-order valence-corrected chi connectivity index (χ4v) is 2.11. The minimum absolute atomic E-state index is 0.348. The summed E-state index contributed by atoms with van der Waals surface area (Å²) in [7, 11) is 0. The average molecular weight is 331 g/mol. The van der Waals surface area contributed by atoms with E-state index in [-0.39, 0.29) is 0 Å². The third kappa shape index (κ3) is 7.42. The van der Waals surface area contributed by atoms with Gasteiger partial charge in [-0.05, 0) is 17.7 Å². The van der Waals surface area contributed by atoms with Crippen LogP contribution in [-0.2, 0) is 16.0 Å². The van der Waals surface area contributed by atoms with Gasteiger partial charge in [0.05, 0.1) is 12.8 Å². The van der Waals surface area contributed by atoms with E-state index < -0.39 is 11.9 Å². The molecule has 2 aromatic rings. The number of carbonyl (C=O) groups excluding carboxylic acids is 1. The first-order valence-corrected chi connectivity index (χ1v) is 7.50. The Morgan fingerprint density at radius 3 is 2.42 bits per heavy atom. The second kappa shape index (κ2) is 10.8. The van der Waals surface area contributed by atoms with E-state index in [1.165, 1.54) is 5.56 Å². The number of benzene rings is 1. The Balaban J connectivity index is 0.000000413. The third-order valence-corrected chi connectivity index (χ3v) is 3.23. The van der Waals surface area contributed by atoms with Crippen LogP contribution < -0.4 is 10.4 Å². The second-order valence-corrected chi connectivity index (χ2v) is 5.00. The van der Waals surface area contributed by atoms with Crippen molar-refractivity contribution in [2.24, 2.45) is 0 Å². The first-order valence-electron chi connectivity index (χ1n) is 7.50. The van der Waals surface area contributed by atoms with Gasteiger partial charge in [0, 0.05) is 12.8 Å². The topological polar surface area (TPSA) is 107 Å². The molecule has 24 heavy (non-hydrogen) atoms. The van der Waals surface area contributed by atoms with Crippen molar-refractivity contribution in [2.75, 3.05) is 6.54 Å². The van der Waals surface area contributed by atoms with Crippen LogP contribution in [-0.4, -0.2) is 23.6 Å². The maximum absolute atomic E-state index is 9.04. The summed E-state index contributed by atoms with van der Waals surface area (Å²) in [5.41, 5.74) is 1.38. The van der Waals surface area contributed by atoms with Crippen LogP contribution in [0.15, 0.2) is 65.8 Å². The number of furan rings is 1. The molecule has 1 aromatic heterocycles. The lowest BCUT2D eigenvalue weighted by atomic mass is 10.1. The van der Waals surface area contributed by atoms with Crippen LogP contribution in [0, 0.1) is 0 Å². The van der Waals surface area contributed by atoms with Gasteiger partial charge in [-0.25, -0.2) is 4.79 Å². The maximum Gasteiger partial charge on any atom is 0.351 e. The summed E-state index contributed by atoms with van der Waals surface area (Å²) in [6.45, 7) is 4.87. The Morgan fingerprint density at radius 1 is 1.25 bits per heavy atom. The van der Waals surface area contributed by atoms with E-state index in [9.17, 15) is 0 Å². The molecule has 6 nitrogen and oxygen atoms in total. The highest BCUT2D eigenvalue weighted by atomic mass is 16.4. The van der Waals surface area contributed by atoms with Gasteiger partial charge in [0.25, 0.3) is 0 Å². The Bertz CT molecular complexity index is 610. The van der Waals surface area contributed by atoms with E-state index in [1.807, 2.05) is 18.2 Å². The Labute approximate surface area is 140 Å². The van der Waals surface area contributed by atoms with Crippen LogP contribution in [0.3, 0.4) is 0 Å². The molecule has 0 spiro atoms. The van der Waals surface area contributed by atoms with Gasteiger partial charge >= 0.3 is 5.97 Å². The van der Waals surface area contributed by atoms with Crippen LogP contribution >= 0.6 is 0 Å². The van der Waals surface area contributed by atoms with Gasteiger partial charge < -0.3 is 24.7 Å². The van der Waals surface area contributed by atoms with E-state index >= 15 is 0 Å².